The maximum Gasteiger partial charge on any atom is 0.216 e. The summed E-state index contributed by atoms with van der Waals surface area (Å²) in [5.41, 5.74) is 0. The van der Waals surface area contributed by atoms with Crippen LogP contribution in [-0.2, 0) is 14.3 Å². The fourth-order valence-electron chi connectivity index (χ4n) is 2.30. The van der Waals surface area contributed by atoms with E-state index in [1.54, 1.807) is 7.11 Å². The van der Waals surface area contributed by atoms with E-state index in [0.717, 1.165) is 12.8 Å². The Kier molecular flexibility index (Phi) is 6.56. The summed E-state index contributed by atoms with van der Waals surface area (Å²) in [6.07, 6.45) is -0.0906. The van der Waals surface area contributed by atoms with Crippen molar-refractivity contribution in [3.63, 3.8) is 0 Å². The number of ether oxygens (including phenoxy) is 2. The molecule has 1 fully saturated rings. The van der Waals surface area contributed by atoms with Crippen molar-refractivity contribution in [2.75, 3.05) is 26.9 Å². The minimum Gasteiger partial charge on any atom is -0.394 e. The zero-order chi connectivity index (χ0) is 13.5. The van der Waals surface area contributed by atoms with Gasteiger partial charge in [-0.15, -0.1) is 0 Å². The first-order valence-corrected chi connectivity index (χ1v) is 6.28. The second-order valence-corrected chi connectivity index (χ2v) is 4.63. The Morgan fingerprint density at radius 2 is 2.28 bits per heavy atom. The van der Waals surface area contributed by atoms with Gasteiger partial charge in [-0.25, -0.2) is 0 Å². The van der Waals surface area contributed by atoms with Gasteiger partial charge in [0, 0.05) is 26.5 Å². The van der Waals surface area contributed by atoms with Crippen LogP contribution in [0.5, 0.6) is 0 Å². The molecule has 6 heteroatoms. The number of amides is 1. The standard InChI is InChI=1S/C12H23NO5/c1-8(15)13-5-3-4-9-7-18-10(6-14)11(16)12(9)17-2/h9-12,14,16H,3-7H2,1-2H3,(H,13,15)/t9-,10-,11+,12-/m1/s1. The first-order valence-electron chi connectivity index (χ1n) is 6.28. The van der Waals surface area contributed by atoms with E-state index >= 15 is 0 Å². The number of rotatable bonds is 6. The lowest BCUT2D eigenvalue weighted by Gasteiger charge is -2.39. The molecule has 0 aromatic carbocycles. The fraction of sp³-hybridized carbons (Fsp3) is 0.917. The van der Waals surface area contributed by atoms with Crippen molar-refractivity contribution in [3.05, 3.63) is 0 Å². The molecule has 1 aliphatic heterocycles. The summed E-state index contributed by atoms with van der Waals surface area (Å²) in [6.45, 7) is 2.35. The number of aliphatic hydroxyl groups excluding tert-OH is 2. The summed E-state index contributed by atoms with van der Waals surface area (Å²) >= 11 is 0. The van der Waals surface area contributed by atoms with Crippen LogP contribution in [0.4, 0.5) is 0 Å². The Bertz CT molecular complexity index is 261. The third kappa shape index (κ3) is 4.20. The van der Waals surface area contributed by atoms with Crippen molar-refractivity contribution in [2.45, 2.75) is 38.1 Å². The Balaban J connectivity index is 2.38. The lowest BCUT2D eigenvalue weighted by Crippen LogP contribution is -2.52. The molecule has 1 rings (SSSR count). The third-order valence-corrected chi connectivity index (χ3v) is 3.28. The predicted molar refractivity (Wildman–Crippen MR) is 65.0 cm³/mol. The van der Waals surface area contributed by atoms with E-state index in [9.17, 15) is 9.90 Å². The summed E-state index contributed by atoms with van der Waals surface area (Å²) in [6, 6.07) is 0. The van der Waals surface area contributed by atoms with Crippen LogP contribution in [0.25, 0.3) is 0 Å². The maximum absolute atomic E-state index is 10.7. The van der Waals surface area contributed by atoms with Gasteiger partial charge in [-0.2, -0.15) is 0 Å². The van der Waals surface area contributed by atoms with Crippen molar-refractivity contribution in [1.29, 1.82) is 0 Å². The molecule has 4 atom stereocenters. The first-order chi connectivity index (χ1) is 8.60. The maximum atomic E-state index is 10.7. The summed E-state index contributed by atoms with van der Waals surface area (Å²) < 4.78 is 10.7. The molecule has 1 saturated heterocycles. The van der Waals surface area contributed by atoms with Gasteiger partial charge in [0.15, 0.2) is 0 Å². The molecule has 0 radical (unpaired) electrons. The minimum absolute atomic E-state index is 0.0430. The molecule has 0 aliphatic carbocycles. The summed E-state index contributed by atoms with van der Waals surface area (Å²) in [5, 5.41) is 21.7. The zero-order valence-corrected chi connectivity index (χ0v) is 11.0. The largest absolute Gasteiger partial charge is 0.394 e. The van der Waals surface area contributed by atoms with Gasteiger partial charge < -0.3 is 25.0 Å². The number of methoxy groups -OCH3 is 1. The third-order valence-electron chi connectivity index (χ3n) is 3.28. The lowest BCUT2D eigenvalue weighted by molar-refractivity contribution is -0.184. The van der Waals surface area contributed by atoms with E-state index in [-0.39, 0.29) is 24.5 Å². The molecule has 3 N–H and O–H groups in total. The number of nitrogens with one attached hydrogen (secondary N) is 1. The van der Waals surface area contributed by atoms with Crippen molar-refractivity contribution in [2.24, 2.45) is 5.92 Å². The topological polar surface area (TPSA) is 88.0 Å². The smallest absolute Gasteiger partial charge is 0.216 e. The van der Waals surface area contributed by atoms with E-state index in [1.165, 1.54) is 6.92 Å². The van der Waals surface area contributed by atoms with Crippen molar-refractivity contribution >= 4 is 5.91 Å². The van der Waals surface area contributed by atoms with Crippen LogP contribution >= 0.6 is 0 Å². The number of carbonyl (C=O) groups is 1. The quantitative estimate of drug-likeness (QED) is 0.550. The average Bonchev–Trinajstić information content (AvgIpc) is 2.34. The zero-order valence-electron chi connectivity index (χ0n) is 11.0. The van der Waals surface area contributed by atoms with Gasteiger partial charge in [0.25, 0.3) is 0 Å². The van der Waals surface area contributed by atoms with Gasteiger partial charge in [-0.1, -0.05) is 0 Å². The molecule has 1 amide bonds. The Labute approximate surface area is 107 Å². The predicted octanol–water partition coefficient (Wildman–Crippen LogP) is -0.714. The highest BCUT2D eigenvalue weighted by molar-refractivity contribution is 5.72. The lowest BCUT2D eigenvalue weighted by atomic mass is 9.89. The summed E-state index contributed by atoms with van der Waals surface area (Å²) in [5.74, 6) is 0.0418. The summed E-state index contributed by atoms with van der Waals surface area (Å²) in [4.78, 5) is 10.7. The SMILES string of the molecule is CO[C@@H]1[C@H](CCCNC(C)=O)CO[C@H](CO)[C@@H]1O. The van der Waals surface area contributed by atoms with Crippen LogP contribution in [0.1, 0.15) is 19.8 Å². The second-order valence-electron chi connectivity index (χ2n) is 4.63. The summed E-state index contributed by atoms with van der Waals surface area (Å²) in [7, 11) is 1.55. The highest BCUT2D eigenvalue weighted by atomic mass is 16.5. The van der Waals surface area contributed by atoms with Crippen LogP contribution < -0.4 is 5.32 Å². The minimum atomic E-state index is -0.806. The van der Waals surface area contributed by atoms with Crippen LogP contribution in [-0.4, -0.2) is 61.3 Å². The average molecular weight is 261 g/mol. The van der Waals surface area contributed by atoms with E-state index in [1.807, 2.05) is 0 Å². The normalized spacial score (nSPS) is 32.2. The van der Waals surface area contributed by atoms with Crippen molar-refractivity contribution in [1.82, 2.24) is 5.32 Å². The van der Waals surface area contributed by atoms with Gasteiger partial charge >= 0.3 is 0 Å². The number of hydrogen-bond donors (Lipinski definition) is 3. The number of hydrogen-bond acceptors (Lipinski definition) is 5. The van der Waals surface area contributed by atoms with E-state index in [2.05, 4.69) is 5.32 Å². The molecule has 18 heavy (non-hydrogen) atoms. The van der Waals surface area contributed by atoms with Crippen molar-refractivity contribution < 1.29 is 24.5 Å². The van der Waals surface area contributed by atoms with Crippen LogP contribution in [0, 0.1) is 5.92 Å². The highest BCUT2D eigenvalue weighted by Gasteiger charge is 2.38. The molecular formula is C12H23NO5. The van der Waals surface area contributed by atoms with E-state index in [4.69, 9.17) is 14.6 Å². The van der Waals surface area contributed by atoms with E-state index in [0.29, 0.717) is 13.2 Å². The molecule has 0 aromatic heterocycles. The van der Waals surface area contributed by atoms with Gasteiger partial charge in [-0.3, -0.25) is 4.79 Å². The van der Waals surface area contributed by atoms with Crippen LogP contribution in [0.3, 0.4) is 0 Å². The van der Waals surface area contributed by atoms with Crippen LogP contribution in [0.2, 0.25) is 0 Å². The molecule has 0 aromatic rings. The molecule has 1 heterocycles. The van der Waals surface area contributed by atoms with Crippen molar-refractivity contribution in [3.8, 4) is 0 Å². The number of aliphatic hydroxyl groups is 2. The molecule has 1 aliphatic rings. The molecular weight excluding hydrogens is 238 g/mol. The Hall–Kier alpha value is -0.690. The van der Waals surface area contributed by atoms with Gasteiger partial charge in [-0.05, 0) is 12.8 Å². The fourth-order valence-corrected chi connectivity index (χ4v) is 2.30. The van der Waals surface area contributed by atoms with Gasteiger partial charge in [0.05, 0.1) is 19.3 Å². The van der Waals surface area contributed by atoms with Crippen LogP contribution in [0.15, 0.2) is 0 Å². The molecule has 0 bridgehead atoms. The first kappa shape index (κ1) is 15.4. The number of carbonyl (C=O) groups excluding carboxylic acids is 1. The highest BCUT2D eigenvalue weighted by Crippen LogP contribution is 2.26. The monoisotopic (exact) mass is 261 g/mol. The second kappa shape index (κ2) is 7.68. The molecule has 106 valence electrons. The molecule has 0 spiro atoms. The molecule has 0 saturated carbocycles. The van der Waals surface area contributed by atoms with Gasteiger partial charge in [0.2, 0.25) is 5.91 Å². The Morgan fingerprint density at radius 3 is 2.83 bits per heavy atom. The molecule has 6 nitrogen and oxygen atoms in total. The van der Waals surface area contributed by atoms with E-state index < -0.39 is 12.2 Å². The van der Waals surface area contributed by atoms with Gasteiger partial charge in [0.1, 0.15) is 12.2 Å². The Morgan fingerprint density at radius 1 is 1.56 bits per heavy atom. The molecule has 0 unspecified atom stereocenters.